The summed E-state index contributed by atoms with van der Waals surface area (Å²) in [6, 6.07) is 32.7. The number of hydrogen-bond donors (Lipinski definition) is 2. The number of benzene rings is 4. The van der Waals surface area contributed by atoms with E-state index in [1.54, 1.807) is 25.2 Å². The SMILES string of the molecule is CN(CCOc1ccc(/C(=C(/CCCl)c2ccccc2)c2ccccc2)cc1)C(=O)CCC(=O)Nc1cccc2c1CN(C1CCC(=O)NC1=O)C2=O. The summed E-state index contributed by atoms with van der Waals surface area (Å²) in [7, 11) is 1.67. The number of nitrogens with zero attached hydrogens (tertiary/aromatic N) is 2. The zero-order valence-electron chi connectivity index (χ0n) is 29.5. The van der Waals surface area contributed by atoms with Crippen LogP contribution in [0, 0.1) is 0 Å². The number of fused-ring (bicyclic) bond motifs is 1. The molecule has 4 aromatic rings. The van der Waals surface area contributed by atoms with E-state index in [-0.39, 0.29) is 62.5 Å². The highest BCUT2D eigenvalue weighted by molar-refractivity contribution is 6.18. The number of imide groups is 1. The van der Waals surface area contributed by atoms with Gasteiger partial charge in [0, 0.05) is 55.5 Å². The summed E-state index contributed by atoms with van der Waals surface area (Å²) >= 11 is 6.29. The van der Waals surface area contributed by atoms with E-state index in [2.05, 4.69) is 34.9 Å². The van der Waals surface area contributed by atoms with Crippen molar-refractivity contribution in [1.82, 2.24) is 15.1 Å². The molecule has 1 saturated heterocycles. The number of allylic oxidation sites excluding steroid dienone is 1. The molecule has 0 aromatic heterocycles. The summed E-state index contributed by atoms with van der Waals surface area (Å²) in [5.41, 5.74) is 6.98. The number of nitrogens with one attached hydrogen (secondary N) is 2. The topological polar surface area (TPSA) is 125 Å². The van der Waals surface area contributed by atoms with Gasteiger partial charge in [0.15, 0.2) is 0 Å². The Labute approximate surface area is 313 Å². The quantitative estimate of drug-likeness (QED) is 0.0892. The lowest BCUT2D eigenvalue weighted by Crippen LogP contribution is -2.52. The molecular formula is C42H41ClN4O6. The van der Waals surface area contributed by atoms with Crippen LogP contribution in [-0.2, 0) is 25.7 Å². The van der Waals surface area contributed by atoms with E-state index in [1.807, 2.05) is 60.7 Å². The van der Waals surface area contributed by atoms with Crippen molar-refractivity contribution in [2.24, 2.45) is 0 Å². The van der Waals surface area contributed by atoms with E-state index in [0.717, 1.165) is 27.8 Å². The third kappa shape index (κ3) is 8.84. The van der Waals surface area contributed by atoms with Gasteiger partial charge in [-0.25, -0.2) is 0 Å². The zero-order valence-corrected chi connectivity index (χ0v) is 30.2. The van der Waals surface area contributed by atoms with Crippen molar-refractivity contribution in [1.29, 1.82) is 0 Å². The molecule has 53 heavy (non-hydrogen) atoms. The van der Waals surface area contributed by atoms with Crippen molar-refractivity contribution in [2.75, 3.05) is 31.4 Å². The Kier molecular flexibility index (Phi) is 12.0. The number of anilines is 1. The number of likely N-dealkylation sites (N-methyl/N-ethyl adjacent to an activating group) is 1. The molecule has 0 spiro atoms. The molecule has 0 radical (unpaired) electrons. The normalized spacial score (nSPS) is 15.7. The fourth-order valence-electron chi connectivity index (χ4n) is 6.74. The van der Waals surface area contributed by atoms with E-state index < -0.39 is 11.9 Å². The number of carbonyl (C=O) groups excluding carboxylic acids is 5. The van der Waals surface area contributed by atoms with Gasteiger partial charge in [-0.05, 0) is 64.9 Å². The average Bonchev–Trinajstić information content (AvgIpc) is 3.51. The molecule has 1 unspecified atom stereocenters. The lowest BCUT2D eigenvalue weighted by molar-refractivity contribution is -0.137. The van der Waals surface area contributed by atoms with Crippen LogP contribution in [0.4, 0.5) is 5.69 Å². The minimum atomic E-state index is -0.753. The molecule has 2 N–H and O–H groups in total. The number of carbonyl (C=O) groups is 5. The first kappa shape index (κ1) is 37.0. The van der Waals surface area contributed by atoms with Crippen LogP contribution in [0.2, 0.25) is 0 Å². The summed E-state index contributed by atoms with van der Waals surface area (Å²) < 4.78 is 6.00. The van der Waals surface area contributed by atoms with Gasteiger partial charge in [0.05, 0.1) is 6.54 Å². The molecule has 2 aliphatic heterocycles. The second kappa shape index (κ2) is 17.2. The van der Waals surface area contributed by atoms with E-state index in [4.69, 9.17) is 16.3 Å². The van der Waals surface area contributed by atoms with Crippen LogP contribution in [0.5, 0.6) is 5.75 Å². The molecule has 5 amide bonds. The Morgan fingerprint density at radius 3 is 2.21 bits per heavy atom. The molecule has 2 aliphatic rings. The Bertz CT molecular complexity index is 2020. The molecule has 11 heteroatoms. The molecule has 6 rings (SSSR count). The van der Waals surface area contributed by atoms with E-state index >= 15 is 0 Å². The second-order valence-electron chi connectivity index (χ2n) is 13.0. The first-order valence-electron chi connectivity index (χ1n) is 17.7. The summed E-state index contributed by atoms with van der Waals surface area (Å²) in [6.07, 6.45) is 1.05. The van der Waals surface area contributed by atoms with Crippen molar-refractivity contribution in [2.45, 2.75) is 44.7 Å². The smallest absolute Gasteiger partial charge is 0.255 e. The highest BCUT2D eigenvalue weighted by atomic mass is 35.5. The number of ether oxygens (including phenoxy) is 1. The summed E-state index contributed by atoms with van der Waals surface area (Å²) in [5, 5.41) is 5.12. The number of amides is 5. The van der Waals surface area contributed by atoms with Gasteiger partial charge >= 0.3 is 0 Å². The Balaban J connectivity index is 1.01. The largest absolute Gasteiger partial charge is 0.492 e. The number of hydrogen-bond acceptors (Lipinski definition) is 6. The van der Waals surface area contributed by atoms with Gasteiger partial charge in [-0.1, -0.05) is 78.9 Å². The Morgan fingerprint density at radius 2 is 1.53 bits per heavy atom. The number of rotatable bonds is 14. The minimum absolute atomic E-state index is 0.00592. The number of alkyl halides is 1. The number of halogens is 1. The van der Waals surface area contributed by atoms with Gasteiger partial charge in [-0.3, -0.25) is 29.3 Å². The molecule has 0 bridgehead atoms. The molecule has 0 aliphatic carbocycles. The summed E-state index contributed by atoms with van der Waals surface area (Å²) in [4.78, 5) is 65.9. The molecule has 1 fully saturated rings. The second-order valence-corrected chi connectivity index (χ2v) is 13.4. The third-order valence-electron chi connectivity index (χ3n) is 9.52. The molecule has 10 nitrogen and oxygen atoms in total. The first-order chi connectivity index (χ1) is 25.7. The maximum Gasteiger partial charge on any atom is 0.255 e. The minimum Gasteiger partial charge on any atom is -0.492 e. The fourth-order valence-corrected chi connectivity index (χ4v) is 6.93. The maximum atomic E-state index is 13.1. The predicted octanol–water partition coefficient (Wildman–Crippen LogP) is 6.29. The van der Waals surface area contributed by atoms with Crippen LogP contribution in [-0.4, -0.2) is 71.5 Å². The lowest BCUT2D eigenvalue weighted by Gasteiger charge is -2.29. The van der Waals surface area contributed by atoms with Crippen LogP contribution in [0.3, 0.4) is 0 Å². The third-order valence-corrected chi connectivity index (χ3v) is 9.71. The van der Waals surface area contributed by atoms with E-state index in [0.29, 0.717) is 41.4 Å². The van der Waals surface area contributed by atoms with Crippen molar-refractivity contribution in [3.63, 3.8) is 0 Å². The first-order valence-corrected chi connectivity index (χ1v) is 18.2. The molecular weight excluding hydrogens is 692 g/mol. The maximum absolute atomic E-state index is 13.1. The summed E-state index contributed by atoms with van der Waals surface area (Å²) in [5.74, 6) is -0.596. The van der Waals surface area contributed by atoms with Gasteiger partial charge < -0.3 is 19.9 Å². The molecule has 2 heterocycles. The molecule has 0 saturated carbocycles. The van der Waals surface area contributed by atoms with Gasteiger partial charge in [-0.2, -0.15) is 0 Å². The van der Waals surface area contributed by atoms with Crippen LogP contribution in [0.1, 0.15) is 64.7 Å². The Hall–Kier alpha value is -5.74. The standard InChI is InChI=1S/C42H41ClN4O6/c1-46(39(50)22-21-37(48)44-35-14-8-13-33-34(35)27-47(42(33)52)36-19-20-38(49)45-41(36)51)25-26-53-31-17-15-30(16-18-31)40(29-11-6-3-7-12-29)32(23-24-43)28-9-4-2-5-10-28/h2-18,36H,19-27H2,1H3,(H,44,48)(H,45,49,51)/b40-32-. The highest BCUT2D eigenvalue weighted by Crippen LogP contribution is 2.36. The van der Waals surface area contributed by atoms with Gasteiger partial charge in [0.25, 0.3) is 5.91 Å². The van der Waals surface area contributed by atoms with Crippen molar-refractivity contribution >= 4 is 58.0 Å². The lowest BCUT2D eigenvalue weighted by atomic mass is 9.88. The molecule has 272 valence electrons. The van der Waals surface area contributed by atoms with Crippen LogP contribution in [0.25, 0.3) is 11.1 Å². The van der Waals surface area contributed by atoms with E-state index in [1.165, 1.54) is 9.80 Å². The van der Waals surface area contributed by atoms with Crippen LogP contribution in [0.15, 0.2) is 103 Å². The predicted molar refractivity (Wildman–Crippen MR) is 204 cm³/mol. The zero-order chi connectivity index (χ0) is 37.3. The highest BCUT2D eigenvalue weighted by Gasteiger charge is 2.40. The van der Waals surface area contributed by atoms with Gasteiger partial charge in [0.2, 0.25) is 23.6 Å². The molecule has 1 atom stereocenters. The summed E-state index contributed by atoms with van der Waals surface area (Å²) in [6.45, 7) is 0.731. The van der Waals surface area contributed by atoms with Gasteiger partial charge in [-0.15, -0.1) is 11.6 Å². The average molecular weight is 733 g/mol. The number of piperidine rings is 1. The van der Waals surface area contributed by atoms with Crippen molar-refractivity contribution in [3.05, 3.63) is 131 Å². The van der Waals surface area contributed by atoms with Crippen molar-refractivity contribution in [3.8, 4) is 5.75 Å². The monoisotopic (exact) mass is 732 g/mol. The van der Waals surface area contributed by atoms with Crippen LogP contribution >= 0.6 is 11.6 Å². The Morgan fingerprint density at radius 1 is 0.849 bits per heavy atom. The van der Waals surface area contributed by atoms with Crippen LogP contribution < -0.4 is 15.4 Å². The van der Waals surface area contributed by atoms with Crippen molar-refractivity contribution < 1.29 is 28.7 Å². The van der Waals surface area contributed by atoms with E-state index in [9.17, 15) is 24.0 Å². The molecule has 4 aromatic carbocycles. The van der Waals surface area contributed by atoms with Gasteiger partial charge in [0.1, 0.15) is 18.4 Å². The fraction of sp³-hybridized carbons (Fsp3) is 0.262.